The highest BCUT2D eigenvalue weighted by molar-refractivity contribution is 7.18. The van der Waals surface area contributed by atoms with Crippen LogP contribution in [-0.4, -0.2) is 14.4 Å². The van der Waals surface area contributed by atoms with Gasteiger partial charge in [-0.3, -0.25) is 9.59 Å². The Morgan fingerprint density at radius 1 is 1.12 bits per heavy atom. The van der Waals surface area contributed by atoms with Crippen LogP contribution in [0.1, 0.15) is 16.0 Å². The van der Waals surface area contributed by atoms with Gasteiger partial charge < -0.3 is 4.98 Å². The molecule has 124 valence electrons. The maximum Gasteiger partial charge on any atom is 0.284 e. The predicted molar refractivity (Wildman–Crippen MR) is 102 cm³/mol. The topological polar surface area (TPSA) is 67.2 Å². The summed E-state index contributed by atoms with van der Waals surface area (Å²) >= 11 is 1.47. The molecule has 0 atom stereocenters. The molecule has 0 radical (unpaired) electrons. The van der Waals surface area contributed by atoms with Crippen LogP contribution in [0.2, 0.25) is 0 Å². The first-order chi connectivity index (χ1) is 12.1. The van der Waals surface area contributed by atoms with Crippen molar-refractivity contribution in [2.75, 3.05) is 0 Å². The molecule has 0 spiro atoms. The lowest BCUT2D eigenvalue weighted by Gasteiger charge is -1.92. The molecule has 3 aromatic heterocycles. The van der Waals surface area contributed by atoms with Crippen molar-refractivity contribution in [3.05, 3.63) is 78.5 Å². The lowest BCUT2D eigenvalue weighted by Crippen LogP contribution is -2.31. The van der Waals surface area contributed by atoms with Crippen molar-refractivity contribution in [1.29, 1.82) is 0 Å². The van der Waals surface area contributed by atoms with E-state index in [1.807, 2.05) is 50.3 Å². The molecule has 0 aliphatic heterocycles. The normalized spacial score (nSPS) is 12.8. The highest BCUT2D eigenvalue weighted by Crippen LogP contribution is 2.25. The van der Waals surface area contributed by atoms with Crippen LogP contribution in [0.25, 0.3) is 28.1 Å². The SMILES string of the molecule is Cc1sc2nc3[nH]/c(=C\C=C\c4ccccc4)c(=O)n3c(=O)c2c1C. The standard InChI is InChI=1S/C19H15N3O2S/c1-11-12(2)25-16-15(11)18(24)22-17(23)14(20-19(22)21-16)10-6-9-13-7-4-3-5-8-13/h3-10H,1-2H3,(H,20,21)/b9-6+,14-10-. The summed E-state index contributed by atoms with van der Waals surface area (Å²) in [7, 11) is 0. The molecule has 0 aliphatic carbocycles. The molecule has 0 saturated heterocycles. The number of nitrogens with zero attached hydrogens (tertiary/aromatic N) is 2. The summed E-state index contributed by atoms with van der Waals surface area (Å²) in [6.07, 6.45) is 5.34. The Labute approximate surface area is 146 Å². The van der Waals surface area contributed by atoms with Crippen LogP contribution in [0.3, 0.4) is 0 Å². The first-order valence-corrected chi connectivity index (χ1v) is 8.66. The van der Waals surface area contributed by atoms with Crippen LogP contribution in [0, 0.1) is 13.8 Å². The highest BCUT2D eigenvalue weighted by Gasteiger charge is 2.15. The van der Waals surface area contributed by atoms with Gasteiger partial charge in [0.1, 0.15) is 10.2 Å². The van der Waals surface area contributed by atoms with Gasteiger partial charge in [-0.1, -0.05) is 42.5 Å². The molecule has 4 aromatic rings. The van der Waals surface area contributed by atoms with Gasteiger partial charge in [0, 0.05) is 4.88 Å². The smallest absolute Gasteiger partial charge is 0.284 e. The average molecular weight is 349 g/mol. The van der Waals surface area contributed by atoms with Crippen LogP contribution in [-0.2, 0) is 0 Å². The molecule has 0 unspecified atom stereocenters. The molecule has 4 rings (SSSR count). The largest absolute Gasteiger partial charge is 0.320 e. The summed E-state index contributed by atoms with van der Waals surface area (Å²) < 4.78 is 1.11. The van der Waals surface area contributed by atoms with Crippen LogP contribution < -0.4 is 16.5 Å². The summed E-state index contributed by atoms with van der Waals surface area (Å²) in [5.74, 6) is 0.281. The van der Waals surface area contributed by atoms with Gasteiger partial charge in [0.05, 0.1) is 5.39 Å². The van der Waals surface area contributed by atoms with E-state index in [0.717, 1.165) is 20.4 Å². The lowest BCUT2D eigenvalue weighted by molar-refractivity contribution is 1.05. The molecule has 0 amide bonds. The average Bonchev–Trinajstić information content (AvgIpc) is 3.06. The number of H-pyrrole nitrogens is 1. The van der Waals surface area contributed by atoms with Gasteiger partial charge in [0.25, 0.3) is 11.1 Å². The number of fused-ring (bicyclic) bond motifs is 2. The summed E-state index contributed by atoms with van der Waals surface area (Å²) in [5.41, 5.74) is 1.23. The molecule has 0 saturated carbocycles. The maximum atomic E-state index is 12.7. The number of aromatic amines is 1. The van der Waals surface area contributed by atoms with Crippen LogP contribution >= 0.6 is 11.3 Å². The second kappa shape index (κ2) is 5.82. The third kappa shape index (κ3) is 2.51. The Morgan fingerprint density at radius 3 is 2.64 bits per heavy atom. The third-order valence-corrected chi connectivity index (χ3v) is 5.34. The van der Waals surface area contributed by atoms with Crippen molar-refractivity contribution in [3.8, 4) is 0 Å². The van der Waals surface area contributed by atoms with E-state index in [2.05, 4.69) is 9.97 Å². The monoisotopic (exact) mass is 349 g/mol. The quantitative estimate of drug-likeness (QED) is 0.604. The number of allylic oxidation sites excluding steroid dienone is 1. The van der Waals surface area contributed by atoms with E-state index in [1.54, 1.807) is 12.2 Å². The molecule has 0 bridgehead atoms. The Bertz CT molecular complexity index is 1290. The van der Waals surface area contributed by atoms with Crippen LogP contribution in [0.5, 0.6) is 0 Å². The zero-order valence-electron chi connectivity index (χ0n) is 13.7. The molecular formula is C19H15N3O2S. The van der Waals surface area contributed by atoms with Crippen molar-refractivity contribution in [2.24, 2.45) is 0 Å². The first kappa shape index (κ1) is 15.5. The van der Waals surface area contributed by atoms with Crippen LogP contribution in [0.4, 0.5) is 0 Å². The van der Waals surface area contributed by atoms with Crippen molar-refractivity contribution in [3.63, 3.8) is 0 Å². The molecule has 3 heterocycles. The predicted octanol–water partition coefficient (Wildman–Crippen LogP) is 2.43. The molecule has 1 aromatic carbocycles. The summed E-state index contributed by atoms with van der Waals surface area (Å²) in [6.45, 7) is 3.84. The fraction of sp³-hybridized carbons (Fsp3) is 0.105. The Morgan fingerprint density at radius 2 is 1.88 bits per heavy atom. The Kier molecular flexibility index (Phi) is 3.62. The molecule has 0 aliphatic rings. The van der Waals surface area contributed by atoms with Crippen molar-refractivity contribution in [2.45, 2.75) is 13.8 Å². The van der Waals surface area contributed by atoms with E-state index in [-0.39, 0.29) is 16.9 Å². The van der Waals surface area contributed by atoms with Crippen LogP contribution in [0.15, 0.2) is 46.0 Å². The minimum atomic E-state index is -0.379. The fourth-order valence-electron chi connectivity index (χ4n) is 2.79. The zero-order valence-corrected chi connectivity index (χ0v) is 14.6. The van der Waals surface area contributed by atoms with E-state index in [1.165, 1.54) is 11.3 Å². The zero-order chi connectivity index (χ0) is 17.6. The van der Waals surface area contributed by atoms with Gasteiger partial charge >= 0.3 is 0 Å². The van der Waals surface area contributed by atoms with Gasteiger partial charge in [-0.05, 0) is 31.1 Å². The van der Waals surface area contributed by atoms with Gasteiger partial charge in [-0.15, -0.1) is 11.3 Å². The van der Waals surface area contributed by atoms with Crippen molar-refractivity contribution >= 4 is 39.5 Å². The maximum absolute atomic E-state index is 12.7. The van der Waals surface area contributed by atoms with Crippen molar-refractivity contribution in [1.82, 2.24) is 14.4 Å². The minimum Gasteiger partial charge on any atom is -0.320 e. The van der Waals surface area contributed by atoms with Gasteiger partial charge in [0.2, 0.25) is 5.78 Å². The molecule has 25 heavy (non-hydrogen) atoms. The van der Waals surface area contributed by atoms with E-state index in [0.29, 0.717) is 15.6 Å². The molecule has 0 fully saturated rings. The first-order valence-electron chi connectivity index (χ1n) is 7.84. The van der Waals surface area contributed by atoms with E-state index in [4.69, 9.17) is 0 Å². The Hall–Kier alpha value is -2.99. The number of hydrogen-bond acceptors (Lipinski definition) is 4. The van der Waals surface area contributed by atoms with Gasteiger partial charge in [0.15, 0.2) is 0 Å². The van der Waals surface area contributed by atoms with E-state index in [9.17, 15) is 9.59 Å². The number of imidazole rings is 1. The molecular weight excluding hydrogens is 334 g/mol. The highest BCUT2D eigenvalue weighted by atomic mass is 32.1. The second-order valence-corrected chi connectivity index (χ2v) is 7.02. The number of aryl methyl sites for hydroxylation is 2. The number of thiophene rings is 1. The number of aromatic nitrogens is 3. The van der Waals surface area contributed by atoms with Gasteiger partial charge in [-0.25, -0.2) is 9.38 Å². The number of nitrogens with one attached hydrogen (secondary N) is 1. The second-order valence-electron chi connectivity index (χ2n) is 5.82. The lowest BCUT2D eigenvalue weighted by atomic mass is 10.2. The van der Waals surface area contributed by atoms with E-state index >= 15 is 0 Å². The fourth-order valence-corrected chi connectivity index (χ4v) is 3.81. The van der Waals surface area contributed by atoms with Crippen molar-refractivity contribution < 1.29 is 0 Å². The summed E-state index contributed by atoms with van der Waals surface area (Å²) in [6, 6.07) is 9.78. The van der Waals surface area contributed by atoms with Gasteiger partial charge in [-0.2, -0.15) is 0 Å². The number of hydrogen-bond donors (Lipinski definition) is 1. The molecule has 1 N–H and O–H groups in total. The third-order valence-electron chi connectivity index (χ3n) is 4.23. The van der Waals surface area contributed by atoms with E-state index < -0.39 is 0 Å². The number of rotatable bonds is 2. The summed E-state index contributed by atoms with van der Waals surface area (Å²) in [5, 5.41) is 0.867. The number of benzene rings is 1. The molecule has 6 heteroatoms. The summed E-state index contributed by atoms with van der Waals surface area (Å²) in [4.78, 5) is 34.4. The Balaban J connectivity index is 1.91. The molecule has 5 nitrogen and oxygen atoms in total. The minimum absolute atomic E-state index is 0.281.